The molecule has 0 N–H and O–H groups in total. The highest BCUT2D eigenvalue weighted by Gasteiger charge is 2.21. The molecule has 0 unspecified atom stereocenters. The number of carbonyl (C=O) groups is 1. The fraction of sp³-hybridized carbons (Fsp3) is 0.188. The molecule has 0 saturated heterocycles. The molecule has 110 valence electrons. The quantitative estimate of drug-likeness (QED) is 0.677. The molecular formula is C16H14Br2O3. The Balaban J connectivity index is 2.57. The summed E-state index contributed by atoms with van der Waals surface area (Å²) < 4.78 is 11.9. The van der Waals surface area contributed by atoms with Crippen molar-refractivity contribution in [1.82, 2.24) is 0 Å². The lowest BCUT2D eigenvalue weighted by atomic mass is 10.0. The number of ether oxygens (including phenoxy) is 2. The summed E-state index contributed by atoms with van der Waals surface area (Å²) in [6.07, 6.45) is 0. The first-order chi connectivity index (χ1) is 9.97. The molecule has 0 amide bonds. The van der Waals surface area contributed by atoms with Crippen LogP contribution >= 0.6 is 31.9 Å². The highest BCUT2D eigenvalue weighted by Crippen LogP contribution is 2.35. The summed E-state index contributed by atoms with van der Waals surface area (Å²) in [6.45, 7) is 1.98. The molecule has 0 aliphatic heterocycles. The average Bonchev–Trinajstić information content (AvgIpc) is 2.45. The first-order valence-corrected chi connectivity index (χ1v) is 7.79. The fourth-order valence-corrected chi connectivity index (χ4v) is 3.27. The van der Waals surface area contributed by atoms with Gasteiger partial charge in [0.05, 0.1) is 19.8 Å². The van der Waals surface area contributed by atoms with Crippen molar-refractivity contribution >= 4 is 37.6 Å². The topological polar surface area (TPSA) is 35.5 Å². The van der Waals surface area contributed by atoms with Gasteiger partial charge >= 0.3 is 0 Å². The van der Waals surface area contributed by atoms with Gasteiger partial charge in [0.15, 0.2) is 5.78 Å². The maximum Gasteiger partial charge on any atom is 0.199 e. The van der Waals surface area contributed by atoms with Gasteiger partial charge in [-0.05, 0) is 46.6 Å². The van der Waals surface area contributed by atoms with Gasteiger partial charge in [0.25, 0.3) is 0 Å². The van der Waals surface area contributed by atoms with E-state index in [-0.39, 0.29) is 5.78 Å². The highest BCUT2D eigenvalue weighted by molar-refractivity contribution is 9.11. The van der Waals surface area contributed by atoms with Crippen molar-refractivity contribution in [3.8, 4) is 11.5 Å². The normalized spacial score (nSPS) is 10.3. The predicted octanol–water partition coefficient (Wildman–Crippen LogP) is 4.77. The Labute approximate surface area is 140 Å². The van der Waals surface area contributed by atoms with E-state index in [1.54, 1.807) is 25.3 Å². The van der Waals surface area contributed by atoms with E-state index >= 15 is 0 Å². The zero-order valence-electron chi connectivity index (χ0n) is 11.9. The van der Waals surface area contributed by atoms with Crippen LogP contribution in [0, 0.1) is 6.92 Å². The Morgan fingerprint density at radius 1 is 1.00 bits per heavy atom. The van der Waals surface area contributed by atoms with Crippen LogP contribution in [0.25, 0.3) is 0 Å². The molecule has 0 spiro atoms. The third kappa shape index (κ3) is 3.30. The molecule has 0 atom stereocenters. The summed E-state index contributed by atoms with van der Waals surface area (Å²) in [7, 11) is 3.10. The van der Waals surface area contributed by atoms with Crippen LogP contribution in [-0.4, -0.2) is 20.0 Å². The Hall–Kier alpha value is -1.33. The SMILES string of the molecule is COc1cc(Br)c(C(=O)c2ccc(C)cc2Br)c(OC)c1. The number of rotatable bonds is 4. The molecule has 0 bridgehead atoms. The second kappa shape index (κ2) is 6.62. The third-order valence-electron chi connectivity index (χ3n) is 3.08. The van der Waals surface area contributed by atoms with Crippen LogP contribution in [-0.2, 0) is 0 Å². The van der Waals surface area contributed by atoms with Crippen LogP contribution < -0.4 is 9.47 Å². The summed E-state index contributed by atoms with van der Waals surface area (Å²) in [4.78, 5) is 12.8. The van der Waals surface area contributed by atoms with Crippen LogP contribution in [0.1, 0.15) is 21.5 Å². The van der Waals surface area contributed by atoms with Crippen molar-refractivity contribution in [2.45, 2.75) is 6.92 Å². The number of hydrogen-bond donors (Lipinski definition) is 0. The standard InChI is InChI=1S/C16H14Br2O3/c1-9-4-5-11(12(17)6-9)16(19)15-13(18)7-10(20-2)8-14(15)21-3/h4-8H,1-3H3. The van der Waals surface area contributed by atoms with Gasteiger partial charge < -0.3 is 9.47 Å². The molecular weight excluding hydrogens is 400 g/mol. The van der Waals surface area contributed by atoms with Crippen molar-refractivity contribution in [2.24, 2.45) is 0 Å². The summed E-state index contributed by atoms with van der Waals surface area (Å²) in [5, 5.41) is 0. The van der Waals surface area contributed by atoms with Gasteiger partial charge in [-0.2, -0.15) is 0 Å². The van der Waals surface area contributed by atoms with Crippen molar-refractivity contribution in [2.75, 3.05) is 14.2 Å². The van der Waals surface area contributed by atoms with Gasteiger partial charge in [0, 0.05) is 20.6 Å². The molecule has 2 aromatic carbocycles. The minimum Gasteiger partial charge on any atom is -0.497 e. The molecule has 0 aliphatic rings. The van der Waals surface area contributed by atoms with Gasteiger partial charge in [0.2, 0.25) is 0 Å². The van der Waals surface area contributed by atoms with E-state index in [1.165, 1.54) is 7.11 Å². The maximum absolute atomic E-state index is 12.8. The minimum absolute atomic E-state index is 0.117. The maximum atomic E-state index is 12.8. The Morgan fingerprint density at radius 3 is 2.29 bits per heavy atom. The van der Waals surface area contributed by atoms with Gasteiger partial charge in [0.1, 0.15) is 11.5 Å². The molecule has 0 fully saturated rings. The smallest absolute Gasteiger partial charge is 0.199 e. The average molecular weight is 414 g/mol. The number of aryl methyl sites for hydroxylation is 1. The van der Waals surface area contributed by atoms with E-state index in [2.05, 4.69) is 31.9 Å². The molecule has 0 heterocycles. The predicted molar refractivity (Wildman–Crippen MR) is 89.6 cm³/mol. The van der Waals surface area contributed by atoms with Crippen molar-refractivity contribution in [3.63, 3.8) is 0 Å². The van der Waals surface area contributed by atoms with Crippen molar-refractivity contribution in [1.29, 1.82) is 0 Å². The number of hydrogen-bond acceptors (Lipinski definition) is 3. The second-order valence-corrected chi connectivity index (χ2v) is 6.21. The molecule has 0 aromatic heterocycles. The van der Waals surface area contributed by atoms with E-state index in [0.717, 1.165) is 10.0 Å². The molecule has 2 aromatic rings. The molecule has 0 aliphatic carbocycles. The van der Waals surface area contributed by atoms with Gasteiger partial charge in [-0.1, -0.05) is 22.0 Å². The zero-order valence-corrected chi connectivity index (χ0v) is 15.0. The first kappa shape index (κ1) is 16.0. The molecule has 2 rings (SSSR count). The Morgan fingerprint density at radius 2 is 1.71 bits per heavy atom. The van der Waals surface area contributed by atoms with Crippen LogP contribution in [0.15, 0.2) is 39.3 Å². The third-order valence-corrected chi connectivity index (χ3v) is 4.36. The van der Waals surface area contributed by atoms with Crippen LogP contribution in [0.4, 0.5) is 0 Å². The number of carbonyl (C=O) groups excluding carboxylic acids is 1. The lowest BCUT2D eigenvalue weighted by molar-refractivity contribution is 0.103. The lowest BCUT2D eigenvalue weighted by Crippen LogP contribution is -2.06. The number of benzene rings is 2. The number of methoxy groups -OCH3 is 2. The van der Waals surface area contributed by atoms with Crippen LogP contribution in [0.5, 0.6) is 11.5 Å². The summed E-state index contributed by atoms with van der Waals surface area (Å²) in [5.74, 6) is 0.977. The fourth-order valence-electron chi connectivity index (χ4n) is 2.00. The Bertz CT molecular complexity index is 696. The van der Waals surface area contributed by atoms with Crippen LogP contribution in [0.2, 0.25) is 0 Å². The van der Waals surface area contributed by atoms with E-state index in [0.29, 0.717) is 27.1 Å². The van der Waals surface area contributed by atoms with Gasteiger partial charge in [-0.15, -0.1) is 0 Å². The zero-order chi connectivity index (χ0) is 15.6. The first-order valence-electron chi connectivity index (χ1n) is 6.20. The summed E-state index contributed by atoms with van der Waals surface area (Å²) >= 11 is 6.86. The minimum atomic E-state index is -0.117. The van der Waals surface area contributed by atoms with E-state index in [4.69, 9.17) is 9.47 Å². The molecule has 0 radical (unpaired) electrons. The van der Waals surface area contributed by atoms with E-state index in [9.17, 15) is 4.79 Å². The Kier molecular flexibility index (Phi) is 5.06. The summed E-state index contributed by atoms with van der Waals surface area (Å²) in [6, 6.07) is 9.06. The van der Waals surface area contributed by atoms with Crippen LogP contribution in [0.3, 0.4) is 0 Å². The van der Waals surface area contributed by atoms with E-state index in [1.807, 2.05) is 19.1 Å². The van der Waals surface area contributed by atoms with Crippen molar-refractivity contribution in [3.05, 3.63) is 56.0 Å². The monoisotopic (exact) mass is 412 g/mol. The van der Waals surface area contributed by atoms with E-state index < -0.39 is 0 Å². The molecule has 5 heteroatoms. The number of halogens is 2. The lowest BCUT2D eigenvalue weighted by Gasteiger charge is -2.13. The van der Waals surface area contributed by atoms with Crippen molar-refractivity contribution < 1.29 is 14.3 Å². The molecule has 0 saturated carbocycles. The second-order valence-electron chi connectivity index (χ2n) is 4.50. The van der Waals surface area contributed by atoms with Gasteiger partial charge in [-0.3, -0.25) is 4.79 Å². The number of ketones is 1. The largest absolute Gasteiger partial charge is 0.497 e. The highest BCUT2D eigenvalue weighted by atomic mass is 79.9. The molecule has 3 nitrogen and oxygen atoms in total. The van der Waals surface area contributed by atoms with Gasteiger partial charge in [-0.25, -0.2) is 0 Å². The summed E-state index contributed by atoms with van der Waals surface area (Å²) in [5.41, 5.74) is 2.15. The molecule has 21 heavy (non-hydrogen) atoms.